The number of carbonyl (C=O) groups is 3. The number of nitrogens with zero attached hydrogens (tertiary/aromatic N) is 1. The lowest BCUT2D eigenvalue weighted by molar-refractivity contribution is -0.157. The van der Waals surface area contributed by atoms with Gasteiger partial charge in [-0.05, 0) is 39.3 Å². The minimum Gasteiger partial charge on any atom is -0.464 e. The van der Waals surface area contributed by atoms with Gasteiger partial charge in [0.15, 0.2) is 6.10 Å². The molecule has 0 spiro atoms. The first-order valence-corrected chi connectivity index (χ1v) is 8.55. The summed E-state index contributed by atoms with van der Waals surface area (Å²) in [6.45, 7) is 7.51. The number of ether oxygens (including phenoxy) is 2. The Bertz CT molecular complexity index is 633. The van der Waals surface area contributed by atoms with Crippen LogP contribution in [-0.2, 0) is 14.3 Å². The third kappa shape index (κ3) is 4.07. The Labute approximate surface area is 148 Å². The van der Waals surface area contributed by atoms with E-state index in [4.69, 9.17) is 9.47 Å². The van der Waals surface area contributed by atoms with Gasteiger partial charge in [-0.25, -0.2) is 4.79 Å². The zero-order valence-electron chi connectivity index (χ0n) is 15.2. The van der Waals surface area contributed by atoms with Crippen LogP contribution in [0.3, 0.4) is 0 Å². The van der Waals surface area contributed by atoms with Crippen molar-refractivity contribution in [3.8, 4) is 0 Å². The molecule has 25 heavy (non-hydrogen) atoms. The molecule has 0 saturated heterocycles. The number of carbonyl (C=O) groups excluding carboxylic acids is 3. The van der Waals surface area contributed by atoms with Crippen molar-refractivity contribution in [3.63, 3.8) is 0 Å². The maximum Gasteiger partial charge on any atom is 0.334 e. The Morgan fingerprint density at radius 3 is 2.24 bits per heavy atom. The number of fused-ring (bicyclic) bond motifs is 1. The summed E-state index contributed by atoms with van der Waals surface area (Å²) in [5.74, 6) is -1.12. The minimum atomic E-state index is -0.884. The molecule has 6 nitrogen and oxygen atoms in total. The van der Waals surface area contributed by atoms with E-state index in [0.717, 1.165) is 12.8 Å². The fourth-order valence-corrected chi connectivity index (χ4v) is 2.64. The van der Waals surface area contributed by atoms with Crippen LogP contribution in [0.5, 0.6) is 0 Å². The molecule has 1 atom stereocenters. The number of hydrogen-bond acceptors (Lipinski definition) is 5. The highest BCUT2D eigenvalue weighted by Crippen LogP contribution is 2.29. The van der Waals surface area contributed by atoms with Gasteiger partial charge in [0.2, 0.25) is 0 Å². The number of imide groups is 1. The summed E-state index contributed by atoms with van der Waals surface area (Å²) >= 11 is 0. The zero-order valence-corrected chi connectivity index (χ0v) is 15.2. The van der Waals surface area contributed by atoms with Crippen molar-refractivity contribution in [1.29, 1.82) is 0 Å². The fraction of sp³-hybridized carbons (Fsp3) is 0.526. The van der Waals surface area contributed by atoms with Crippen molar-refractivity contribution in [1.82, 2.24) is 4.90 Å². The van der Waals surface area contributed by atoms with E-state index in [1.165, 1.54) is 4.90 Å². The smallest absolute Gasteiger partial charge is 0.334 e. The second kappa shape index (κ2) is 7.78. The van der Waals surface area contributed by atoms with Gasteiger partial charge in [0.05, 0.1) is 29.9 Å². The molecule has 1 aliphatic rings. The van der Waals surface area contributed by atoms with Crippen LogP contribution in [0.2, 0.25) is 0 Å². The number of benzene rings is 1. The van der Waals surface area contributed by atoms with E-state index in [1.807, 2.05) is 6.92 Å². The standard InChI is InChI=1S/C19H25NO5/c1-5-6-11-24-18(23)13(2)25-12-19(3,4)20-16(21)14-9-7-8-10-15(14)17(20)22/h7-10,13H,5-6,11-12H2,1-4H3. The number of amides is 2. The quantitative estimate of drug-likeness (QED) is 0.411. The van der Waals surface area contributed by atoms with E-state index in [-0.39, 0.29) is 18.4 Å². The Kier molecular flexibility index (Phi) is 5.95. The predicted molar refractivity (Wildman–Crippen MR) is 92.3 cm³/mol. The number of unbranched alkanes of at least 4 members (excludes halogenated alkanes) is 1. The molecule has 0 fully saturated rings. The van der Waals surface area contributed by atoms with Crippen LogP contribution in [0, 0.1) is 0 Å². The van der Waals surface area contributed by atoms with Gasteiger partial charge >= 0.3 is 5.97 Å². The van der Waals surface area contributed by atoms with Crippen LogP contribution in [0.25, 0.3) is 0 Å². The molecule has 1 aromatic rings. The maximum absolute atomic E-state index is 12.6. The highest BCUT2D eigenvalue weighted by molar-refractivity contribution is 6.21. The van der Waals surface area contributed by atoms with Crippen LogP contribution < -0.4 is 0 Å². The summed E-state index contributed by atoms with van der Waals surface area (Å²) in [6, 6.07) is 6.73. The summed E-state index contributed by atoms with van der Waals surface area (Å²) in [7, 11) is 0. The van der Waals surface area contributed by atoms with E-state index in [9.17, 15) is 14.4 Å². The van der Waals surface area contributed by atoms with Crippen LogP contribution >= 0.6 is 0 Å². The van der Waals surface area contributed by atoms with Gasteiger partial charge in [-0.3, -0.25) is 14.5 Å². The molecule has 6 heteroatoms. The summed E-state index contributed by atoms with van der Waals surface area (Å²) < 4.78 is 10.7. The van der Waals surface area contributed by atoms with Crippen molar-refractivity contribution >= 4 is 17.8 Å². The van der Waals surface area contributed by atoms with E-state index >= 15 is 0 Å². The lowest BCUT2D eigenvalue weighted by atomic mass is 10.0. The SMILES string of the molecule is CCCCOC(=O)C(C)OCC(C)(C)N1C(=O)c2ccccc2C1=O. The number of esters is 1. The molecule has 0 bridgehead atoms. The van der Waals surface area contributed by atoms with Crippen molar-refractivity contribution in [2.24, 2.45) is 0 Å². The predicted octanol–water partition coefficient (Wildman–Crippen LogP) is 2.81. The molecule has 1 aromatic carbocycles. The molecule has 0 saturated carbocycles. The highest BCUT2D eigenvalue weighted by Gasteiger charge is 2.44. The van der Waals surface area contributed by atoms with Gasteiger partial charge < -0.3 is 9.47 Å². The third-order valence-electron chi connectivity index (χ3n) is 4.16. The normalized spacial score (nSPS) is 15.3. The van der Waals surface area contributed by atoms with Gasteiger partial charge in [-0.15, -0.1) is 0 Å². The van der Waals surface area contributed by atoms with Gasteiger partial charge in [-0.1, -0.05) is 25.5 Å². The van der Waals surface area contributed by atoms with E-state index in [2.05, 4.69) is 0 Å². The lowest BCUT2D eigenvalue weighted by Crippen LogP contribution is -2.51. The molecule has 1 unspecified atom stereocenters. The second-order valence-corrected chi connectivity index (χ2v) is 6.78. The Balaban J connectivity index is 1.99. The van der Waals surface area contributed by atoms with Crippen molar-refractivity contribution < 1.29 is 23.9 Å². The van der Waals surface area contributed by atoms with Gasteiger partial charge in [0.25, 0.3) is 11.8 Å². The first-order chi connectivity index (χ1) is 11.8. The zero-order chi connectivity index (χ0) is 18.6. The van der Waals surface area contributed by atoms with Gasteiger partial charge in [-0.2, -0.15) is 0 Å². The topological polar surface area (TPSA) is 72.9 Å². The maximum atomic E-state index is 12.6. The van der Waals surface area contributed by atoms with Gasteiger partial charge in [0, 0.05) is 0 Å². The summed E-state index contributed by atoms with van der Waals surface area (Å²) in [5, 5.41) is 0. The average Bonchev–Trinajstić information content (AvgIpc) is 2.85. The van der Waals surface area contributed by atoms with Gasteiger partial charge in [0.1, 0.15) is 0 Å². The first-order valence-electron chi connectivity index (χ1n) is 8.55. The molecule has 2 rings (SSSR count). The van der Waals surface area contributed by atoms with Crippen molar-refractivity contribution in [3.05, 3.63) is 35.4 Å². The summed E-state index contributed by atoms with van der Waals surface area (Å²) in [5.41, 5.74) is -0.0919. The second-order valence-electron chi connectivity index (χ2n) is 6.78. The molecule has 1 heterocycles. The van der Waals surface area contributed by atoms with E-state index < -0.39 is 17.6 Å². The number of hydrogen-bond donors (Lipinski definition) is 0. The van der Waals surface area contributed by atoms with Crippen LogP contribution in [-0.4, -0.2) is 47.5 Å². The molecule has 1 aliphatic heterocycles. The van der Waals surface area contributed by atoms with Crippen LogP contribution in [0.1, 0.15) is 61.3 Å². The summed E-state index contributed by atoms with van der Waals surface area (Å²) in [6.07, 6.45) is 0.986. The molecule has 136 valence electrons. The van der Waals surface area contributed by atoms with E-state index in [1.54, 1.807) is 45.0 Å². The molecular formula is C19H25NO5. The Morgan fingerprint density at radius 2 is 1.72 bits per heavy atom. The molecule has 2 amide bonds. The van der Waals surface area contributed by atoms with Crippen LogP contribution in [0.4, 0.5) is 0 Å². The minimum absolute atomic E-state index is 0.0442. The third-order valence-corrected chi connectivity index (χ3v) is 4.16. The highest BCUT2D eigenvalue weighted by atomic mass is 16.6. The molecular weight excluding hydrogens is 322 g/mol. The lowest BCUT2D eigenvalue weighted by Gasteiger charge is -2.34. The van der Waals surface area contributed by atoms with Crippen LogP contribution in [0.15, 0.2) is 24.3 Å². The molecule has 0 radical (unpaired) electrons. The monoisotopic (exact) mass is 347 g/mol. The Hall–Kier alpha value is -2.21. The average molecular weight is 347 g/mol. The molecule has 0 aliphatic carbocycles. The van der Waals surface area contributed by atoms with Crippen molar-refractivity contribution in [2.45, 2.75) is 52.2 Å². The van der Waals surface area contributed by atoms with Crippen molar-refractivity contribution in [2.75, 3.05) is 13.2 Å². The molecule has 0 aromatic heterocycles. The van der Waals surface area contributed by atoms with E-state index in [0.29, 0.717) is 17.7 Å². The largest absolute Gasteiger partial charge is 0.464 e. The molecule has 0 N–H and O–H groups in total. The first kappa shape index (κ1) is 19.1. The summed E-state index contributed by atoms with van der Waals surface area (Å²) in [4.78, 5) is 38.2. The Morgan fingerprint density at radius 1 is 1.16 bits per heavy atom. The number of rotatable bonds is 8. The fourth-order valence-electron chi connectivity index (χ4n) is 2.64.